The van der Waals surface area contributed by atoms with Gasteiger partial charge in [-0.25, -0.2) is 0 Å². The largest absolute Gasteiger partial charge is 0.497 e. The summed E-state index contributed by atoms with van der Waals surface area (Å²) in [5.74, 6) is 1.12. The Bertz CT molecular complexity index is 759. The van der Waals surface area contributed by atoms with E-state index in [0.717, 1.165) is 17.1 Å². The number of carbonyl (C=O) groups is 2. The molecule has 0 saturated heterocycles. The summed E-state index contributed by atoms with van der Waals surface area (Å²) in [6.07, 6.45) is 0.687. The van der Waals surface area contributed by atoms with Crippen LogP contribution < -0.4 is 19.7 Å². The molecule has 27 heavy (non-hydrogen) atoms. The number of amides is 2. The fourth-order valence-electron chi connectivity index (χ4n) is 2.65. The van der Waals surface area contributed by atoms with Crippen molar-refractivity contribution >= 4 is 17.5 Å². The van der Waals surface area contributed by atoms with Crippen LogP contribution in [0.15, 0.2) is 48.5 Å². The molecular formula is C21H26N2O4. The number of rotatable bonds is 9. The van der Waals surface area contributed by atoms with Gasteiger partial charge in [-0.2, -0.15) is 0 Å². The number of nitrogens with zero attached hydrogens (tertiary/aromatic N) is 1. The lowest BCUT2D eigenvalue weighted by atomic mass is 10.1. The molecule has 0 unspecified atom stereocenters. The van der Waals surface area contributed by atoms with Crippen molar-refractivity contribution in [3.05, 3.63) is 54.1 Å². The Balaban J connectivity index is 1.89. The zero-order chi connectivity index (χ0) is 19.6. The van der Waals surface area contributed by atoms with Gasteiger partial charge in [0.05, 0.1) is 13.7 Å². The van der Waals surface area contributed by atoms with Crippen molar-refractivity contribution in [2.75, 3.05) is 31.7 Å². The lowest BCUT2D eigenvalue weighted by molar-refractivity contribution is -0.123. The molecule has 2 aromatic carbocycles. The predicted octanol–water partition coefficient (Wildman–Crippen LogP) is 2.81. The van der Waals surface area contributed by atoms with Gasteiger partial charge in [-0.1, -0.05) is 12.1 Å². The molecule has 0 aliphatic rings. The maximum Gasteiger partial charge on any atom is 0.240 e. The highest BCUT2D eigenvalue weighted by molar-refractivity contribution is 5.97. The highest BCUT2D eigenvalue weighted by atomic mass is 16.5. The molecule has 2 rings (SSSR count). The van der Waals surface area contributed by atoms with Crippen LogP contribution in [0.3, 0.4) is 0 Å². The number of ether oxygens (including phenoxy) is 2. The standard InChI is InChI=1S/C21H26N2O4/c1-4-27-19-10-8-18(9-11-19)23(16(2)24)15-21(25)22-13-12-17-6-5-7-20(14-17)26-3/h5-11,14H,4,12-13,15H2,1-3H3,(H,22,25). The van der Waals surface area contributed by atoms with E-state index in [1.54, 1.807) is 31.4 Å². The average Bonchev–Trinajstić information content (AvgIpc) is 2.67. The van der Waals surface area contributed by atoms with Crippen molar-refractivity contribution in [3.63, 3.8) is 0 Å². The van der Waals surface area contributed by atoms with Gasteiger partial charge in [0.15, 0.2) is 0 Å². The maximum absolute atomic E-state index is 12.3. The lowest BCUT2D eigenvalue weighted by Gasteiger charge is -2.21. The Morgan fingerprint density at radius 1 is 1.07 bits per heavy atom. The van der Waals surface area contributed by atoms with Crippen LogP contribution in [0.2, 0.25) is 0 Å². The van der Waals surface area contributed by atoms with E-state index in [-0.39, 0.29) is 18.4 Å². The van der Waals surface area contributed by atoms with Crippen LogP contribution in [-0.2, 0) is 16.0 Å². The van der Waals surface area contributed by atoms with E-state index in [2.05, 4.69) is 5.32 Å². The van der Waals surface area contributed by atoms with Crippen LogP contribution in [0, 0.1) is 0 Å². The molecular weight excluding hydrogens is 344 g/mol. The lowest BCUT2D eigenvalue weighted by Crippen LogP contribution is -2.40. The van der Waals surface area contributed by atoms with E-state index < -0.39 is 0 Å². The SMILES string of the molecule is CCOc1ccc(N(CC(=O)NCCc2cccc(OC)c2)C(C)=O)cc1. The fraction of sp³-hybridized carbons (Fsp3) is 0.333. The molecule has 2 amide bonds. The second-order valence-corrected chi connectivity index (χ2v) is 5.98. The molecule has 6 heteroatoms. The molecule has 0 atom stereocenters. The number of hydrogen-bond acceptors (Lipinski definition) is 4. The predicted molar refractivity (Wildman–Crippen MR) is 105 cm³/mol. The number of carbonyl (C=O) groups excluding carboxylic acids is 2. The molecule has 144 valence electrons. The Kier molecular flexibility index (Phi) is 7.67. The number of anilines is 1. The molecule has 0 aliphatic heterocycles. The smallest absolute Gasteiger partial charge is 0.240 e. The molecule has 0 fully saturated rings. The molecule has 0 aliphatic carbocycles. The molecule has 1 N–H and O–H groups in total. The van der Waals surface area contributed by atoms with Gasteiger partial charge in [-0.05, 0) is 55.3 Å². The highest BCUT2D eigenvalue weighted by Crippen LogP contribution is 2.19. The van der Waals surface area contributed by atoms with Crippen molar-refractivity contribution in [2.45, 2.75) is 20.3 Å². The first-order valence-electron chi connectivity index (χ1n) is 8.94. The normalized spacial score (nSPS) is 10.2. The van der Waals surface area contributed by atoms with E-state index in [1.165, 1.54) is 11.8 Å². The topological polar surface area (TPSA) is 67.9 Å². The van der Waals surface area contributed by atoms with Crippen molar-refractivity contribution < 1.29 is 19.1 Å². The van der Waals surface area contributed by atoms with Crippen molar-refractivity contribution in [1.82, 2.24) is 5.32 Å². The number of nitrogens with one attached hydrogen (secondary N) is 1. The molecule has 0 bridgehead atoms. The maximum atomic E-state index is 12.3. The zero-order valence-corrected chi connectivity index (χ0v) is 16.0. The summed E-state index contributed by atoms with van der Waals surface area (Å²) in [4.78, 5) is 25.7. The van der Waals surface area contributed by atoms with E-state index >= 15 is 0 Å². The van der Waals surface area contributed by atoms with Gasteiger partial charge in [0.1, 0.15) is 18.0 Å². The molecule has 0 heterocycles. The number of methoxy groups -OCH3 is 1. The van der Waals surface area contributed by atoms with Crippen molar-refractivity contribution in [3.8, 4) is 11.5 Å². The summed E-state index contributed by atoms with van der Waals surface area (Å²) in [6, 6.07) is 14.8. The van der Waals surface area contributed by atoms with Gasteiger partial charge in [-0.3, -0.25) is 9.59 Å². The Labute approximate surface area is 160 Å². The Morgan fingerprint density at radius 2 is 1.81 bits per heavy atom. The molecule has 0 spiro atoms. The molecule has 0 radical (unpaired) electrons. The minimum absolute atomic E-state index is 0.0264. The van der Waals surface area contributed by atoms with Crippen LogP contribution in [0.5, 0.6) is 11.5 Å². The third-order valence-corrected chi connectivity index (χ3v) is 4.01. The molecule has 0 aromatic heterocycles. The molecule has 0 saturated carbocycles. The summed E-state index contributed by atoms with van der Waals surface area (Å²) in [5, 5.41) is 2.86. The third-order valence-electron chi connectivity index (χ3n) is 4.01. The summed E-state index contributed by atoms with van der Waals surface area (Å²) in [7, 11) is 1.62. The summed E-state index contributed by atoms with van der Waals surface area (Å²) in [5.41, 5.74) is 1.73. The second kappa shape index (κ2) is 10.2. The van der Waals surface area contributed by atoms with Gasteiger partial charge < -0.3 is 19.7 Å². The molecule has 2 aromatic rings. The van der Waals surface area contributed by atoms with E-state index in [1.807, 2.05) is 31.2 Å². The summed E-state index contributed by atoms with van der Waals surface area (Å²) in [6.45, 7) is 4.39. The van der Waals surface area contributed by atoms with Crippen LogP contribution in [0.25, 0.3) is 0 Å². The van der Waals surface area contributed by atoms with Crippen LogP contribution >= 0.6 is 0 Å². The van der Waals surface area contributed by atoms with E-state index in [9.17, 15) is 9.59 Å². The summed E-state index contributed by atoms with van der Waals surface area (Å²) < 4.78 is 10.6. The quantitative estimate of drug-likeness (QED) is 0.737. The Morgan fingerprint density at radius 3 is 2.44 bits per heavy atom. The van der Waals surface area contributed by atoms with Crippen LogP contribution in [0.4, 0.5) is 5.69 Å². The average molecular weight is 370 g/mol. The monoisotopic (exact) mass is 370 g/mol. The zero-order valence-electron chi connectivity index (χ0n) is 16.0. The third kappa shape index (κ3) is 6.33. The van der Waals surface area contributed by atoms with Gasteiger partial charge in [0.2, 0.25) is 11.8 Å². The number of benzene rings is 2. The van der Waals surface area contributed by atoms with Crippen molar-refractivity contribution in [1.29, 1.82) is 0 Å². The van der Waals surface area contributed by atoms with E-state index in [4.69, 9.17) is 9.47 Å². The van der Waals surface area contributed by atoms with Crippen LogP contribution in [-0.4, -0.2) is 38.6 Å². The second-order valence-electron chi connectivity index (χ2n) is 5.98. The van der Waals surface area contributed by atoms with Gasteiger partial charge >= 0.3 is 0 Å². The molecule has 6 nitrogen and oxygen atoms in total. The van der Waals surface area contributed by atoms with Crippen molar-refractivity contribution in [2.24, 2.45) is 0 Å². The van der Waals surface area contributed by atoms with Gasteiger partial charge in [0.25, 0.3) is 0 Å². The first-order valence-corrected chi connectivity index (χ1v) is 8.94. The fourth-order valence-corrected chi connectivity index (χ4v) is 2.65. The Hall–Kier alpha value is -3.02. The first kappa shape index (κ1) is 20.3. The van der Waals surface area contributed by atoms with E-state index in [0.29, 0.717) is 25.3 Å². The highest BCUT2D eigenvalue weighted by Gasteiger charge is 2.15. The summed E-state index contributed by atoms with van der Waals surface area (Å²) >= 11 is 0. The first-order chi connectivity index (χ1) is 13.0. The number of hydrogen-bond donors (Lipinski definition) is 1. The minimum atomic E-state index is -0.206. The van der Waals surface area contributed by atoms with Gasteiger partial charge in [0, 0.05) is 19.2 Å². The minimum Gasteiger partial charge on any atom is -0.497 e. The van der Waals surface area contributed by atoms with Gasteiger partial charge in [-0.15, -0.1) is 0 Å². The van der Waals surface area contributed by atoms with Crippen LogP contribution in [0.1, 0.15) is 19.4 Å².